The lowest BCUT2D eigenvalue weighted by Crippen LogP contribution is -2.46. The lowest BCUT2D eigenvalue weighted by Gasteiger charge is -2.28. The molecule has 1 aliphatic carbocycles. The van der Waals surface area contributed by atoms with E-state index in [1.807, 2.05) is 18.2 Å². The normalized spacial score (nSPS) is 26.3. The van der Waals surface area contributed by atoms with Gasteiger partial charge in [-0.25, -0.2) is 4.79 Å². The fourth-order valence-electron chi connectivity index (χ4n) is 3.48. The molecule has 25 heavy (non-hydrogen) atoms. The van der Waals surface area contributed by atoms with Gasteiger partial charge < -0.3 is 20.1 Å². The second-order valence-electron chi connectivity index (χ2n) is 6.74. The summed E-state index contributed by atoms with van der Waals surface area (Å²) in [5.74, 6) is -0.361. The predicted molar refractivity (Wildman–Crippen MR) is 94.0 cm³/mol. The zero-order valence-electron chi connectivity index (χ0n) is 14.0. The van der Waals surface area contributed by atoms with Gasteiger partial charge in [-0.15, -0.1) is 0 Å². The number of amides is 2. The molecule has 1 saturated heterocycles. The van der Waals surface area contributed by atoms with Crippen molar-refractivity contribution in [3.8, 4) is 5.75 Å². The Hall–Kier alpha value is -1.95. The van der Waals surface area contributed by atoms with Gasteiger partial charge in [0.25, 0.3) is 0 Å². The zero-order chi connectivity index (χ0) is 17.8. The van der Waals surface area contributed by atoms with E-state index in [1.165, 1.54) is 0 Å². The molecule has 0 aromatic heterocycles. The molecule has 0 spiro atoms. The topological polar surface area (TPSA) is 78.9 Å². The number of carbonyl (C=O) groups is 2. The number of urea groups is 1. The molecule has 2 amide bonds. The number of carbonyl (C=O) groups excluding carboxylic acids is 1. The highest BCUT2D eigenvalue weighted by molar-refractivity contribution is 6.32. The number of rotatable bonds is 4. The Morgan fingerprint density at radius 3 is 2.56 bits per heavy atom. The van der Waals surface area contributed by atoms with Crippen LogP contribution in [-0.2, 0) is 4.79 Å². The summed E-state index contributed by atoms with van der Waals surface area (Å²) >= 11 is 6.10. The molecule has 2 aliphatic rings. The van der Waals surface area contributed by atoms with Crippen LogP contribution in [0.2, 0.25) is 5.02 Å². The van der Waals surface area contributed by atoms with Crippen molar-refractivity contribution in [1.82, 2.24) is 10.2 Å². The average molecular weight is 367 g/mol. The smallest absolute Gasteiger partial charge is 0.317 e. The first-order valence-corrected chi connectivity index (χ1v) is 9.10. The highest BCUT2D eigenvalue weighted by Gasteiger charge is 2.31. The second-order valence-corrected chi connectivity index (χ2v) is 7.15. The fourth-order valence-corrected chi connectivity index (χ4v) is 3.66. The summed E-state index contributed by atoms with van der Waals surface area (Å²) < 4.78 is 5.90. The number of para-hydroxylation sites is 1. The van der Waals surface area contributed by atoms with E-state index in [2.05, 4.69) is 5.32 Å². The van der Waals surface area contributed by atoms with E-state index in [-0.39, 0.29) is 24.1 Å². The van der Waals surface area contributed by atoms with Gasteiger partial charge in [-0.2, -0.15) is 0 Å². The molecule has 0 bridgehead atoms. The van der Waals surface area contributed by atoms with E-state index in [1.54, 1.807) is 11.0 Å². The Balaban J connectivity index is 1.45. The van der Waals surface area contributed by atoms with Gasteiger partial charge in [0.1, 0.15) is 11.9 Å². The molecule has 3 rings (SSSR count). The molecule has 1 unspecified atom stereocenters. The van der Waals surface area contributed by atoms with Crippen LogP contribution >= 0.6 is 11.6 Å². The first-order chi connectivity index (χ1) is 12.0. The molecule has 1 aromatic rings. The fraction of sp³-hybridized carbons (Fsp3) is 0.556. The van der Waals surface area contributed by atoms with Gasteiger partial charge in [0, 0.05) is 19.0 Å². The van der Waals surface area contributed by atoms with Crippen LogP contribution < -0.4 is 10.1 Å². The summed E-state index contributed by atoms with van der Waals surface area (Å²) in [7, 11) is 0. The molecule has 136 valence electrons. The minimum absolute atomic E-state index is 0.0617. The van der Waals surface area contributed by atoms with Crippen molar-refractivity contribution in [2.75, 3.05) is 13.1 Å². The number of ether oxygens (including phenoxy) is 1. The number of hydrogen-bond donors (Lipinski definition) is 2. The van der Waals surface area contributed by atoms with E-state index in [4.69, 9.17) is 21.4 Å². The minimum Gasteiger partial charge on any atom is -0.487 e. The summed E-state index contributed by atoms with van der Waals surface area (Å²) in [6.45, 7) is 1.17. The summed E-state index contributed by atoms with van der Waals surface area (Å²) in [5, 5.41) is 12.6. The molecule has 7 heteroatoms. The maximum atomic E-state index is 12.4. The number of likely N-dealkylation sites (tertiary alicyclic amines) is 1. The summed E-state index contributed by atoms with van der Waals surface area (Å²) in [4.78, 5) is 25.1. The Bertz CT molecular complexity index is 631. The van der Waals surface area contributed by atoms with Crippen LogP contribution in [0.5, 0.6) is 5.75 Å². The van der Waals surface area contributed by atoms with Crippen LogP contribution in [0.4, 0.5) is 4.79 Å². The highest BCUT2D eigenvalue weighted by atomic mass is 35.5. The molecule has 6 nitrogen and oxygen atoms in total. The number of carboxylic acids is 1. The lowest BCUT2D eigenvalue weighted by molar-refractivity contribution is -0.142. The summed E-state index contributed by atoms with van der Waals surface area (Å²) in [6.07, 6.45) is 3.39. The van der Waals surface area contributed by atoms with E-state index < -0.39 is 5.97 Å². The van der Waals surface area contributed by atoms with Crippen molar-refractivity contribution in [1.29, 1.82) is 0 Å². The predicted octanol–water partition coefficient (Wildman–Crippen LogP) is 3.15. The van der Waals surface area contributed by atoms with Crippen LogP contribution in [0.15, 0.2) is 24.3 Å². The first kappa shape index (κ1) is 17.9. The molecule has 2 N–H and O–H groups in total. The van der Waals surface area contributed by atoms with Crippen LogP contribution in [-0.4, -0.2) is 47.2 Å². The molecule has 1 atom stereocenters. The number of halogens is 1. The maximum absolute atomic E-state index is 12.4. The van der Waals surface area contributed by atoms with Crippen molar-refractivity contribution in [2.45, 2.75) is 44.2 Å². The Morgan fingerprint density at radius 1 is 1.16 bits per heavy atom. The zero-order valence-corrected chi connectivity index (χ0v) is 14.7. The molecule has 2 fully saturated rings. The SMILES string of the molecule is O=C(O)C1CCC(NC(=O)N2CCC(Oc3ccccc3Cl)C2)CC1. The van der Waals surface area contributed by atoms with E-state index >= 15 is 0 Å². The summed E-state index contributed by atoms with van der Waals surface area (Å²) in [5.41, 5.74) is 0. The molecule has 1 saturated carbocycles. The Kier molecular flexibility index (Phi) is 5.68. The highest BCUT2D eigenvalue weighted by Crippen LogP contribution is 2.27. The van der Waals surface area contributed by atoms with Crippen LogP contribution in [0.25, 0.3) is 0 Å². The van der Waals surface area contributed by atoms with E-state index in [9.17, 15) is 9.59 Å². The van der Waals surface area contributed by atoms with Gasteiger partial charge in [0.05, 0.1) is 17.5 Å². The molecule has 1 aromatic carbocycles. The number of nitrogens with one attached hydrogen (secondary N) is 1. The van der Waals surface area contributed by atoms with Crippen LogP contribution in [0.3, 0.4) is 0 Å². The number of carboxylic acid groups (broad SMARTS) is 1. The van der Waals surface area contributed by atoms with Crippen molar-refractivity contribution in [2.24, 2.45) is 5.92 Å². The maximum Gasteiger partial charge on any atom is 0.317 e. The minimum atomic E-state index is -0.733. The van der Waals surface area contributed by atoms with Crippen LogP contribution in [0, 0.1) is 5.92 Å². The van der Waals surface area contributed by atoms with Crippen molar-refractivity contribution < 1.29 is 19.4 Å². The standard InChI is InChI=1S/C18H23ClN2O4/c19-15-3-1-2-4-16(15)25-14-9-10-21(11-14)18(24)20-13-7-5-12(6-8-13)17(22)23/h1-4,12-14H,5-11H2,(H,20,24)(H,22,23). The lowest BCUT2D eigenvalue weighted by atomic mass is 9.86. The van der Waals surface area contributed by atoms with Crippen molar-refractivity contribution in [3.63, 3.8) is 0 Å². The van der Waals surface area contributed by atoms with Gasteiger partial charge in [-0.1, -0.05) is 23.7 Å². The summed E-state index contributed by atoms with van der Waals surface area (Å²) in [6, 6.07) is 7.29. The molecule has 0 radical (unpaired) electrons. The van der Waals surface area contributed by atoms with Gasteiger partial charge in [0.2, 0.25) is 0 Å². The largest absolute Gasteiger partial charge is 0.487 e. The quantitative estimate of drug-likeness (QED) is 0.858. The monoisotopic (exact) mass is 366 g/mol. The molecule has 1 heterocycles. The number of nitrogens with zero attached hydrogens (tertiary/aromatic N) is 1. The van der Waals surface area contributed by atoms with Gasteiger partial charge in [0.15, 0.2) is 0 Å². The van der Waals surface area contributed by atoms with Gasteiger partial charge in [-0.05, 0) is 37.8 Å². The van der Waals surface area contributed by atoms with E-state index in [0.717, 1.165) is 19.3 Å². The molecular weight excluding hydrogens is 344 g/mol. The number of aliphatic carboxylic acids is 1. The van der Waals surface area contributed by atoms with Crippen molar-refractivity contribution >= 4 is 23.6 Å². The van der Waals surface area contributed by atoms with Gasteiger partial charge in [-0.3, -0.25) is 4.79 Å². The first-order valence-electron chi connectivity index (χ1n) is 8.72. The van der Waals surface area contributed by atoms with Crippen LogP contribution in [0.1, 0.15) is 32.1 Å². The average Bonchev–Trinajstić information content (AvgIpc) is 3.06. The third kappa shape index (κ3) is 4.57. The Labute approximate surface area is 152 Å². The van der Waals surface area contributed by atoms with E-state index in [0.29, 0.717) is 36.7 Å². The van der Waals surface area contributed by atoms with Crippen molar-refractivity contribution in [3.05, 3.63) is 29.3 Å². The third-order valence-corrected chi connectivity index (χ3v) is 5.28. The molecular formula is C18H23ClN2O4. The number of benzene rings is 1. The second kappa shape index (κ2) is 7.95. The Morgan fingerprint density at radius 2 is 1.88 bits per heavy atom. The third-order valence-electron chi connectivity index (χ3n) is 4.97. The number of hydrogen-bond acceptors (Lipinski definition) is 3. The molecule has 1 aliphatic heterocycles. The van der Waals surface area contributed by atoms with Gasteiger partial charge >= 0.3 is 12.0 Å².